The number of aryl methyl sites for hydroxylation is 1. The number of hydrogen-bond donors (Lipinski definition) is 1. The Labute approximate surface area is 224 Å². The minimum atomic E-state index is -4.21. The number of aliphatic hydroxyl groups excluding tert-OH is 1. The Hall–Kier alpha value is -3.74. The van der Waals surface area contributed by atoms with Crippen LogP contribution in [0.15, 0.2) is 53.4 Å². The lowest BCUT2D eigenvalue weighted by molar-refractivity contribution is -0.146. The SMILES string of the molecule is Cc1cc(C(=O)COC(=O)[C@@H]2CC(O)CN2S(=O)(=O)c2ccc3c(c2)OCCO3)c(C)n1-c1ccc(F)cc1. The number of ketones is 1. The van der Waals surface area contributed by atoms with Gasteiger partial charge in [-0.3, -0.25) is 9.59 Å². The van der Waals surface area contributed by atoms with Gasteiger partial charge in [-0.2, -0.15) is 4.31 Å². The number of hydrogen-bond acceptors (Lipinski definition) is 8. The first-order valence-corrected chi connectivity index (χ1v) is 13.7. The molecular formula is C27H27FN2O8S. The average molecular weight is 559 g/mol. The third kappa shape index (κ3) is 5.14. The summed E-state index contributed by atoms with van der Waals surface area (Å²) in [6.07, 6.45) is -1.25. The molecule has 0 bridgehead atoms. The number of fused-ring (bicyclic) bond motifs is 1. The van der Waals surface area contributed by atoms with Crippen molar-refractivity contribution in [1.82, 2.24) is 8.87 Å². The Balaban J connectivity index is 1.31. The van der Waals surface area contributed by atoms with Gasteiger partial charge in [0.2, 0.25) is 15.8 Å². The maximum Gasteiger partial charge on any atom is 0.325 e. The van der Waals surface area contributed by atoms with E-state index in [2.05, 4.69) is 0 Å². The number of sulfonamides is 1. The van der Waals surface area contributed by atoms with Crippen LogP contribution in [0.3, 0.4) is 0 Å². The van der Waals surface area contributed by atoms with Crippen LogP contribution in [0.4, 0.5) is 4.39 Å². The second-order valence-corrected chi connectivity index (χ2v) is 11.3. The first kappa shape index (κ1) is 26.9. The zero-order valence-electron chi connectivity index (χ0n) is 21.3. The number of halogens is 1. The number of β-amino-alcohol motifs (C(OH)–C–C–N with tert-alkyl or cyclic N) is 1. The number of Topliss-reactive ketones (excluding diaryl/α,β-unsaturated/α-hetero) is 1. The molecule has 39 heavy (non-hydrogen) atoms. The molecule has 1 N–H and O–H groups in total. The zero-order chi connectivity index (χ0) is 27.9. The molecule has 5 rings (SSSR count). The van der Waals surface area contributed by atoms with E-state index in [9.17, 15) is 27.5 Å². The normalized spacial score (nSPS) is 19.2. The molecule has 1 saturated heterocycles. The van der Waals surface area contributed by atoms with Crippen molar-refractivity contribution in [3.8, 4) is 17.2 Å². The molecule has 2 aliphatic heterocycles. The van der Waals surface area contributed by atoms with E-state index in [1.165, 1.54) is 30.3 Å². The van der Waals surface area contributed by atoms with Gasteiger partial charge in [0.15, 0.2) is 18.1 Å². The standard InChI is InChI=1S/C27H27FN2O8S/c1-16-11-22(17(2)30(16)19-5-3-18(28)4-6-19)24(32)15-38-27(33)23-12-20(31)14-29(23)39(34,35)21-7-8-25-26(13-21)37-10-9-36-25/h3-8,11,13,20,23,31H,9-10,12,14-15H2,1-2H3/t20?,23-/m0/s1. The molecule has 3 aromatic rings. The Bertz CT molecular complexity index is 1530. The maximum atomic E-state index is 13.4. The second-order valence-electron chi connectivity index (χ2n) is 9.41. The van der Waals surface area contributed by atoms with Crippen LogP contribution >= 0.6 is 0 Å². The van der Waals surface area contributed by atoms with Crippen molar-refractivity contribution >= 4 is 21.8 Å². The van der Waals surface area contributed by atoms with Gasteiger partial charge in [0.1, 0.15) is 25.1 Å². The molecule has 10 nitrogen and oxygen atoms in total. The molecule has 0 spiro atoms. The number of aliphatic hydroxyl groups is 1. The van der Waals surface area contributed by atoms with E-state index in [4.69, 9.17) is 14.2 Å². The van der Waals surface area contributed by atoms with Crippen LogP contribution < -0.4 is 9.47 Å². The number of aromatic nitrogens is 1. The summed E-state index contributed by atoms with van der Waals surface area (Å²) in [4.78, 5) is 25.8. The predicted octanol–water partition coefficient (Wildman–Crippen LogP) is 2.55. The van der Waals surface area contributed by atoms with E-state index in [0.29, 0.717) is 29.3 Å². The highest BCUT2D eigenvalue weighted by atomic mass is 32.2. The fraction of sp³-hybridized carbons (Fsp3) is 0.333. The fourth-order valence-corrected chi connectivity index (χ4v) is 6.57. The van der Waals surface area contributed by atoms with Crippen LogP contribution in [0.5, 0.6) is 11.5 Å². The van der Waals surface area contributed by atoms with Crippen molar-refractivity contribution in [3.05, 3.63) is 71.3 Å². The summed E-state index contributed by atoms with van der Waals surface area (Å²) in [5, 5.41) is 10.2. The molecule has 0 saturated carbocycles. The Morgan fingerprint density at radius 1 is 1.05 bits per heavy atom. The Kier molecular flexibility index (Phi) is 7.19. The number of carbonyl (C=O) groups is 2. The predicted molar refractivity (Wildman–Crippen MR) is 136 cm³/mol. The molecule has 2 aliphatic rings. The maximum absolute atomic E-state index is 13.4. The largest absolute Gasteiger partial charge is 0.486 e. The molecule has 12 heteroatoms. The zero-order valence-corrected chi connectivity index (χ0v) is 22.1. The van der Waals surface area contributed by atoms with E-state index >= 15 is 0 Å². The minimum Gasteiger partial charge on any atom is -0.486 e. The first-order chi connectivity index (χ1) is 18.6. The summed E-state index contributed by atoms with van der Waals surface area (Å²) in [5.41, 5.74) is 2.29. The minimum absolute atomic E-state index is 0.122. The van der Waals surface area contributed by atoms with Crippen molar-refractivity contribution in [2.24, 2.45) is 0 Å². The van der Waals surface area contributed by atoms with Gasteiger partial charge >= 0.3 is 5.97 Å². The van der Waals surface area contributed by atoms with Gasteiger partial charge in [-0.25, -0.2) is 12.8 Å². The van der Waals surface area contributed by atoms with Gasteiger partial charge in [-0.1, -0.05) is 0 Å². The summed E-state index contributed by atoms with van der Waals surface area (Å²) in [6.45, 7) is 3.22. The molecule has 2 aromatic carbocycles. The topological polar surface area (TPSA) is 124 Å². The van der Waals surface area contributed by atoms with Gasteiger partial charge in [0, 0.05) is 41.7 Å². The van der Waals surface area contributed by atoms with Crippen molar-refractivity contribution in [3.63, 3.8) is 0 Å². The van der Waals surface area contributed by atoms with Crippen LogP contribution in [-0.4, -0.2) is 72.7 Å². The van der Waals surface area contributed by atoms with Crippen LogP contribution in [0.2, 0.25) is 0 Å². The van der Waals surface area contributed by atoms with Gasteiger partial charge in [-0.15, -0.1) is 0 Å². The highest BCUT2D eigenvalue weighted by Crippen LogP contribution is 2.35. The van der Waals surface area contributed by atoms with E-state index in [0.717, 1.165) is 10.00 Å². The third-order valence-electron chi connectivity index (χ3n) is 6.79. The lowest BCUT2D eigenvalue weighted by atomic mass is 10.1. The summed E-state index contributed by atoms with van der Waals surface area (Å²) in [6, 6.07) is 10.3. The van der Waals surface area contributed by atoms with Crippen molar-refractivity contribution in [1.29, 1.82) is 0 Å². The number of nitrogens with zero attached hydrogens (tertiary/aromatic N) is 2. The average Bonchev–Trinajstić information content (AvgIpc) is 3.46. The highest BCUT2D eigenvalue weighted by molar-refractivity contribution is 7.89. The van der Waals surface area contributed by atoms with Gasteiger partial charge in [0.25, 0.3) is 0 Å². The Morgan fingerprint density at radius 2 is 1.74 bits per heavy atom. The molecule has 3 heterocycles. The molecule has 2 atom stereocenters. The molecule has 1 unspecified atom stereocenters. The van der Waals surface area contributed by atoms with Crippen molar-refractivity contribution < 1.29 is 41.7 Å². The number of rotatable bonds is 7. The monoisotopic (exact) mass is 558 g/mol. The van der Waals surface area contributed by atoms with Crippen LogP contribution in [-0.2, 0) is 19.6 Å². The second kappa shape index (κ2) is 10.4. The number of carbonyl (C=O) groups excluding carboxylic acids is 2. The Morgan fingerprint density at radius 3 is 2.46 bits per heavy atom. The van der Waals surface area contributed by atoms with Crippen LogP contribution in [0, 0.1) is 19.7 Å². The van der Waals surface area contributed by atoms with Crippen LogP contribution in [0.1, 0.15) is 28.2 Å². The fourth-order valence-electron chi connectivity index (χ4n) is 4.93. The lowest BCUT2D eigenvalue weighted by Gasteiger charge is -2.24. The molecule has 1 fully saturated rings. The van der Waals surface area contributed by atoms with Gasteiger partial charge in [-0.05, 0) is 56.3 Å². The number of esters is 1. The summed E-state index contributed by atoms with van der Waals surface area (Å²) in [7, 11) is -4.21. The smallest absolute Gasteiger partial charge is 0.325 e. The van der Waals surface area contributed by atoms with Gasteiger partial charge in [0.05, 0.1) is 11.0 Å². The molecule has 0 radical (unpaired) electrons. The van der Waals surface area contributed by atoms with Crippen molar-refractivity contribution in [2.75, 3.05) is 26.4 Å². The highest BCUT2D eigenvalue weighted by Gasteiger charge is 2.45. The quantitative estimate of drug-likeness (QED) is 0.347. The van der Waals surface area contributed by atoms with Crippen LogP contribution in [0.25, 0.3) is 5.69 Å². The van der Waals surface area contributed by atoms with Gasteiger partial charge < -0.3 is 23.9 Å². The summed E-state index contributed by atoms with van der Waals surface area (Å²) < 4.78 is 59.0. The first-order valence-electron chi connectivity index (χ1n) is 12.3. The van der Waals surface area contributed by atoms with E-state index < -0.39 is 40.5 Å². The van der Waals surface area contributed by atoms with Crippen molar-refractivity contribution in [2.45, 2.75) is 37.3 Å². The lowest BCUT2D eigenvalue weighted by Crippen LogP contribution is -2.42. The summed E-state index contributed by atoms with van der Waals surface area (Å²) in [5.74, 6) is -1.12. The summed E-state index contributed by atoms with van der Waals surface area (Å²) >= 11 is 0. The van der Waals surface area contributed by atoms with E-state index in [-0.39, 0.29) is 36.0 Å². The van der Waals surface area contributed by atoms with E-state index in [1.807, 2.05) is 0 Å². The van der Waals surface area contributed by atoms with E-state index in [1.54, 1.807) is 36.6 Å². The number of ether oxygens (including phenoxy) is 3. The number of benzene rings is 2. The molecular weight excluding hydrogens is 531 g/mol. The molecule has 0 aliphatic carbocycles. The molecule has 1 aromatic heterocycles. The molecule has 0 amide bonds. The third-order valence-corrected chi connectivity index (χ3v) is 8.66. The molecule has 206 valence electrons.